The fourth-order valence-electron chi connectivity index (χ4n) is 2.02. The van der Waals surface area contributed by atoms with E-state index in [-0.39, 0.29) is 21.4 Å². The summed E-state index contributed by atoms with van der Waals surface area (Å²) < 4.78 is 31.1. The molecule has 1 aliphatic heterocycles. The molecule has 0 bridgehead atoms. The number of sulfonamides is 1. The summed E-state index contributed by atoms with van der Waals surface area (Å²) in [5.74, 6) is -0.477. The minimum absolute atomic E-state index is 0.0770. The van der Waals surface area contributed by atoms with Gasteiger partial charge in [-0.1, -0.05) is 23.2 Å². The number of halogens is 2. The Balaban J connectivity index is 2.42. The fourth-order valence-corrected chi connectivity index (χ4v) is 3.95. The molecular formula is C12H13Cl2NO4S. The highest BCUT2D eigenvalue weighted by molar-refractivity contribution is 7.89. The molecule has 0 aromatic heterocycles. The number of hydrogen-bond acceptors (Lipinski definition) is 4. The average Bonchev–Trinajstić information content (AvgIpc) is 2.75. The molecule has 1 heterocycles. The minimum Gasteiger partial charge on any atom is -0.357 e. The van der Waals surface area contributed by atoms with E-state index in [2.05, 4.69) is 0 Å². The van der Waals surface area contributed by atoms with Crippen LogP contribution in [0.25, 0.3) is 0 Å². The number of benzene rings is 1. The normalized spacial score (nSPS) is 19.6. The second-order valence-electron chi connectivity index (χ2n) is 4.22. The third-order valence-corrected chi connectivity index (χ3v) is 5.46. The first-order chi connectivity index (χ1) is 9.37. The molecule has 0 radical (unpaired) electrons. The molecule has 1 aromatic rings. The molecule has 1 fully saturated rings. The zero-order chi connectivity index (χ0) is 14.9. The van der Waals surface area contributed by atoms with E-state index in [0.717, 1.165) is 4.31 Å². The standard InChI is InChI=1S/C12H13Cl2NO4S/c1-2-19-12-6-5-11(16)15(12)20(17,18)8-3-4-9(13)10(14)7-8/h3-4,7,12H,2,5-6H2,1H3. The molecule has 8 heteroatoms. The van der Waals surface area contributed by atoms with Crippen LogP contribution in [0.15, 0.2) is 23.1 Å². The fraction of sp³-hybridized carbons (Fsp3) is 0.417. The summed E-state index contributed by atoms with van der Waals surface area (Å²) in [6.45, 7) is 2.07. The Morgan fingerprint density at radius 2 is 2.05 bits per heavy atom. The van der Waals surface area contributed by atoms with Gasteiger partial charge in [0.2, 0.25) is 5.91 Å². The third-order valence-electron chi connectivity index (χ3n) is 2.92. The van der Waals surface area contributed by atoms with E-state index in [1.165, 1.54) is 18.2 Å². The van der Waals surface area contributed by atoms with Crippen LogP contribution in [-0.4, -0.2) is 31.5 Å². The molecule has 0 saturated carbocycles. The summed E-state index contributed by atoms with van der Waals surface area (Å²) in [5, 5.41) is 0.368. The molecule has 0 N–H and O–H groups in total. The molecule has 110 valence electrons. The lowest BCUT2D eigenvalue weighted by molar-refractivity contribution is -0.128. The van der Waals surface area contributed by atoms with Gasteiger partial charge in [-0.25, -0.2) is 12.7 Å². The van der Waals surface area contributed by atoms with Crippen LogP contribution >= 0.6 is 23.2 Å². The van der Waals surface area contributed by atoms with Crippen LogP contribution in [0, 0.1) is 0 Å². The van der Waals surface area contributed by atoms with Crippen molar-refractivity contribution in [2.24, 2.45) is 0 Å². The number of rotatable bonds is 4. The lowest BCUT2D eigenvalue weighted by atomic mass is 10.3. The van der Waals surface area contributed by atoms with Crippen LogP contribution in [0.3, 0.4) is 0 Å². The molecule has 5 nitrogen and oxygen atoms in total. The largest absolute Gasteiger partial charge is 0.357 e. The van der Waals surface area contributed by atoms with Gasteiger partial charge in [0, 0.05) is 19.4 Å². The van der Waals surface area contributed by atoms with E-state index < -0.39 is 22.2 Å². The van der Waals surface area contributed by atoms with Crippen molar-refractivity contribution < 1.29 is 17.9 Å². The van der Waals surface area contributed by atoms with Crippen LogP contribution in [0.2, 0.25) is 10.0 Å². The quantitative estimate of drug-likeness (QED) is 0.847. The predicted octanol–water partition coefficient (Wildman–Crippen LogP) is 2.67. The predicted molar refractivity (Wildman–Crippen MR) is 75.1 cm³/mol. The van der Waals surface area contributed by atoms with Crippen LogP contribution < -0.4 is 0 Å². The molecule has 0 spiro atoms. The van der Waals surface area contributed by atoms with Gasteiger partial charge in [0.25, 0.3) is 10.0 Å². The molecule has 20 heavy (non-hydrogen) atoms. The second-order valence-corrected chi connectivity index (χ2v) is 6.85. The Morgan fingerprint density at radius 3 is 2.65 bits per heavy atom. The highest BCUT2D eigenvalue weighted by Crippen LogP contribution is 2.31. The van der Waals surface area contributed by atoms with E-state index in [4.69, 9.17) is 27.9 Å². The molecule has 0 aliphatic carbocycles. The van der Waals surface area contributed by atoms with Crippen molar-refractivity contribution in [3.05, 3.63) is 28.2 Å². The Labute approximate surface area is 127 Å². The molecule has 1 aromatic carbocycles. The number of amides is 1. The van der Waals surface area contributed by atoms with Crippen LogP contribution in [0.1, 0.15) is 19.8 Å². The van der Waals surface area contributed by atoms with Crippen molar-refractivity contribution in [1.29, 1.82) is 0 Å². The number of nitrogens with zero attached hydrogens (tertiary/aromatic N) is 1. The van der Waals surface area contributed by atoms with Crippen LogP contribution in [0.5, 0.6) is 0 Å². The van der Waals surface area contributed by atoms with Crippen molar-refractivity contribution >= 4 is 39.1 Å². The SMILES string of the molecule is CCOC1CCC(=O)N1S(=O)(=O)c1ccc(Cl)c(Cl)c1. The summed E-state index contributed by atoms with van der Waals surface area (Å²) in [7, 11) is -3.98. The Hall–Kier alpha value is -0.820. The third kappa shape index (κ3) is 2.79. The minimum atomic E-state index is -3.98. The van der Waals surface area contributed by atoms with Gasteiger partial charge in [0.1, 0.15) is 6.23 Å². The van der Waals surface area contributed by atoms with Gasteiger partial charge in [-0.15, -0.1) is 0 Å². The smallest absolute Gasteiger partial charge is 0.268 e. The summed E-state index contributed by atoms with van der Waals surface area (Å²) in [4.78, 5) is 11.8. The Bertz CT molecular complexity index is 632. The number of carbonyl (C=O) groups excluding carboxylic acids is 1. The summed E-state index contributed by atoms with van der Waals surface area (Å²) >= 11 is 11.6. The highest BCUT2D eigenvalue weighted by Gasteiger charge is 2.41. The van der Waals surface area contributed by atoms with Gasteiger partial charge in [0.05, 0.1) is 14.9 Å². The molecule has 1 unspecified atom stereocenters. The van der Waals surface area contributed by atoms with Crippen molar-refractivity contribution in [1.82, 2.24) is 4.31 Å². The monoisotopic (exact) mass is 337 g/mol. The van der Waals surface area contributed by atoms with Gasteiger partial charge >= 0.3 is 0 Å². The summed E-state index contributed by atoms with van der Waals surface area (Å²) in [6.07, 6.45) is -0.259. The summed E-state index contributed by atoms with van der Waals surface area (Å²) in [5.41, 5.74) is 0. The van der Waals surface area contributed by atoms with Gasteiger partial charge < -0.3 is 4.74 Å². The second kappa shape index (κ2) is 5.89. The van der Waals surface area contributed by atoms with E-state index in [9.17, 15) is 13.2 Å². The molecule has 1 amide bonds. The Kier molecular flexibility index (Phi) is 4.59. The first-order valence-corrected chi connectivity index (χ1v) is 8.21. The maximum Gasteiger partial charge on any atom is 0.268 e. The first-order valence-electron chi connectivity index (χ1n) is 6.02. The first kappa shape index (κ1) is 15.6. The maximum absolute atomic E-state index is 12.5. The molecule has 1 aliphatic rings. The zero-order valence-corrected chi connectivity index (χ0v) is 13.0. The van der Waals surface area contributed by atoms with E-state index in [1.807, 2.05) is 0 Å². The molecule has 1 saturated heterocycles. The topological polar surface area (TPSA) is 63.7 Å². The van der Waals surface area contributed by atoms with E-state index in [1.54, 1.807) is 6.92 Å². The zero-order valence-electron chi connectivity index (χ0n) is 10.7. The molecule has 1 atom stereocenters. The summed E-state index contributed by atoms with van der Waals surface area (Å²) in [6, 6.07) is 3.93. The van der Waals surface area contributed by atoms with Crippen molar-refractivity contribution in [3.63, 3.8) is 0 Å². The Morgan fingerprint density at radius 1 is 1.35 bits per heavy atom. The average molecular weight is 338 g/mol. The number of hydrogen-bond donors (Lipinski definition) is 0. The van der Waals surface area contributed by atoms with Gasteiger partial charge in [-0.2, -0.15) is 0 Å². The van der Waals surface area contributed by atoms with Crippen molar-refractivity contribution in [3.8, 4) is 0 Å². The van der Waals surface area contributed by atoms with Crippen LogP contribution in [-0.2, 0) is 19.6 Å². The van der Waals surface area contributed by atoms with Gasteiger partial charge in [0.15, 0.2) is 0 Å². The lowest BCUT2D eigenvalue weighted by Gasteiger charge is -2.24. The maximum atomic E-state index is 12.5. The van der Waals surface area contributed by atoms with E-state index in [0.29, 0.717) is 13.0 Å². The molecular weight excluding hydrogens is 325 g/mol. The molecule has 2 rings (SSSR count). The number of ether oxygens (including phenoxy) is 1. The van der Waals surface area contributed by atoms with Gasteiger partial charge in [-0.3, -0.25) is 4.79 Å². The number of carbonyl (C=O) groups is 1. The van der Waals surface area contributed by atoms with E-state index >= 15 is 0 Å². The van der Waals surface area contributed by atoms with Crippen molar-refractivity contribution in [2.75, 3.05) is 6.61 Å². The highest BCUT2D eigenvalue weighted by atomic mass is 35.5. The lowest BCUT2D eigenvalue weighted by Crippen LogP contribution is -2.40. The van der Waals surface area contributed by atoms with Crippen molar-refractivity contribution in [2.45, 2.75) is 30.9 Å². The van der Waals surface area contributed by atoms with Gasteiger partial charge in [-0.05, 0) is 25.1 Å². The van der Waals surface area contributed by atoms with Crippen LogP contribution in [0.4, 0.5) is 0 Å².